The number of ketones is 4. The summed E-state index contributed by atoms with van der Waals surface area (Å²) >= 11 is 0. The molecule has 0 saturated heterocycles. The second-order valence-corrected chi connectivity index (χ2v) is 20.7. The van der Waals surface area contributed by atoms with Crippen LogP contribution in [-0.4, -0.2) is 176 Å². The van der Waals surface area contributed by atoms with Crippen LogP contribution in [0.3, 0.4) is 0 Å². The molecule has 26 heteroatoms. The molecule has 0 bridgehead atoms. The fourth-order valence-electron chi connectivity index (χ4n) is 8.96. The number of nitrogens with zero attached hydrogens (tertiary/aromatic N) is 2. The zero-order chi connectivity index (χ0) is 61.6. The van der Waals surface area contributed by atoms with Crippen molar-refractivity contribution in [3.63, 3.8) is 0 Å². The van der Waals surface area contributed by atoms with Crippen molar-refractivity contribution in [3.8, 4) is 17.2 Å². The number of aliphatic carboxylic acids is 1. The number of hydrazine groups is 3. The minimum Gasteiger partial charge on any atom is -0.508 e. The monoisotopic (exact) mass is 1160 g/mol. The summed E-state index contributed by atoms with van der Waals surface area (Å²) in [5.74, 6) is -9.47. The van der Waals surface area contributed by atoms with Crippen LogP contribution in [0, 0.1) is 5.92 Å². The second-order valence-electron chi connectivity index (χ2n) is 20.7. The van der Waals surface area contributed by atoms with Crippen molar-refractivity contribution in [2.75, 3.05) is 33.8 Å². The number of aromatic hydroxyl groups is 3. The third kappa shape index (κ3) is 20.6. The van der Waals surface area contributed by atoms with E-state index in [1.807, 2.05) is 0 Å². The number of Topliss-reactive ketones (excluding diaryl/α,β-unsaturated/α-hetero) is 4. The van der Waals surface area contributed by atoms with Crippen molar-refractivity contribution < 1.29 is 73.5 Å². The first kappa shape index (κ1) is 66.0. The summed E-state index contributed by atoms with van der Waals surface area (Å²) in [4.78, 5) is 138. The summed E-state index contributed by atoms with van der Waals surface area (Å²) in [6.07, 6.45) is 1.06. The maximum atomic E-state index is 14.4. The van der Waals surface area contributed by atoms with Crippen molar-refractivity contribution in [3.05, 3.63) is 126 Å². The first-order valence-electron chi connectivity index (χ1n) is 26.9. The number of hydrogen-bond acceptors (Lipinski definition) is 20. The van der Waals surface area contributed by atoms with Gasteiger partial charge in [-0.05, 0) is 103 Å². The van der Waals surface area contributed by atoms with E-state index in [-0.39, 0.29) is 55.3 Å². The van der Waals surface area contributed by atoms with Crippen molar-refractivity contribution in [2.24, 2.45) is 11.7 Å². The number of carboxylic acid groups (broad SMARTS) is 1. The standard InChI is InChI=1S/C58H73N11O15/c1-33(2)23-47(57(82)68(3)30-52(77)61-48(58(83)84)26-36-13-19-41(74)20-14-36)65-64-46(25-35-11-17-40(73)18-12-35)56(81)62-44(21-22-51(59)76)54(79)55(80)49(32-71)66-63-45(27-37-28-60-43-8-6-5-7-42(37)43)53(78)50(75)29-69(4)67-38(31-70)24-34-9-15-39(72)16-10-34/h5-20,28,31,33,38,44-49,60,63-67,71-74H,21-27,29-30,32H2,1-4H3,(H2,59,76)(H,61,77)(H,62,81)(H,83,84)/t38-,44-,45-,46-,47-,48-,49-/m0/s1. The zero-order valence-electron chi connectivity index (χ0n) is 46.9. The Labute approximate surface area is 483 Å². The SMILES string of the molecule is CC(C)C[C@H](NN[C@@H](Cc1ccc(O)cc1)C(=O)N[C@@H](CCC(N)=O)C(=O)C(=O)[C@H](CO)NN[C@@H](Cc1c[nH]c2ccccc12)C(=O)C(=O)CN(C)N[C@H](C=O)Cc1ccc(O)cc1)C(=O)N(C)CC(=O)N[C@@H](Cc1ccc(O)cc1)C(=O)O. The number of amides is 4. The number of aliphatic hydroxyl groups is 1. The van der Waals surface area contributed by atoms with Gasteiger partial charge in [-0.15, -0.1) is 0 Å². The number of aldehydes is 1. The van der Waals surface area contributed by atoms with Gasteiger partial charge in [0.25, 0.3) is 0 Å². The van der Waals surface area contributed by atoms with Crippen LogP contribution >= 0.6 is 0 Å². The number of likely N-dealkylation sites (N-methyl/N-ethyl adjacent to an activating group) is 2. The molecule has 84 heavy (non-hydrogen) atoms. The normalized spacial score (nSPS) is 13.9. The molecule has 0 radical (unpaired) electrons. The Hall–Kier alpha value is -8.76. The number of phenolic OH excluding ortho intramolecular Hbond substituents is 3. The predicted octanol–water partition coefficient (Wildman–Crippen LogP) is -0.685. The van der Waals surface area contributed by atoms with E-state index in [1.165, 1.54) is 79.8 Å². The summed E-state index contributed by atoms with van der Waals surface area (Å²) in [6.45, 7) is 1.44. The van der Waals surface area contributed by atoms with Crippen LogP contribution in [0.15, 0.2) is 103 Å². The number of rotatable bonds is 37. The van der Waals surface area contributed by atoms with Crippen molar-refractivity contribution in [1.29, 1.82) is 0 Å². The number of primary amides is 1. The van der Waals surface area contributed by atoms with Crippen LogP contribution in [0.4, 0.5) is 0 Å². The van der Waals surface area contributed by atoms with Gasteiger partial charge in [-0.3, -0.25) is 38.4 Å². The topological polar surface area (TPSA) is 404 Å². The molecule has 0 spiro atoms. The Morgan fingerprint density at radius 1 is 0.619 bits per heavy atom. The molecule has 0 fully saturated rings. The van der Waals surface area contributed by atoms with Gasteiger partial charge >= 0.3 is 5.97 Å². The van der Waals surface area contributed by atoms with E-state index in [2.05, 4.69) is 42.7 Å². The highest BCUT2D eigenvalue weighted by molar-refractivity contribution is 6.41. The molecule has 7 atom stereocenters. The van der Waals surface area contributed by atoms with Gasteiger partial charge in [0.15, 0.2) is 0 Å². The maximum Gasteiger partial charge on any atom is 0.326 e. The minimum atomic E-state index is -1.82. The van der Waals surface area contributed by atoms with E-state index in [4.69, 9.17) is 5.73 Å². The van der Waals surface area contributed by atoms with Crippen molar-refractivity contribution >= 4 is 69.9 Å². The average Bonchev–Trinajstić information content (AvgIpc) is 3.93. The summed E-state index contributed by atoms with van der Waals surface area (Å²) in [5, 5.41) is 56.6. The van der Waals surface area contributed by atoms with E-state index in [0.29, 0.717) is 39.4 Å². The number of fused-ring (bicyclic) bond motifs is 1. The number of carbonyl (C=O) groups is 10. The fourth-order valence-corrected chi connectivity index (χ4v) is 8.96. The van der Waals surface area contributed by atoms with Gasteiger partial charge in [0, 0.05) is 44.0 Å². The Morgan fingerprint density at radius 3 is 1.69 bits per heavy atom. The number of hydrogen-bond donors (Lipinski definition) is 14. The molecule has 4 aromatic carbocycles. The number of H-pyrrole nitrogens is 1. The molecule has 450 valence electrons. The van der Waals surface area contributed by atoms with E-state index in [0.717, 1.165) is 4.90 Å². The molecule has 4 amide bonds. The van der Waals surface area contributed by atoms with Crippen LogP contribution in [0.1, 0.15) is 55.4 Å². The van der Waals surface area contributed by atoms with Crippen LogP contribution in [0.5, 0.6) is 17.2 Å². The number of phenols is 3. The van der Waals surface area contributed by atoms with E-state index in [1.54, 1.807) is 56.4 Å². The molecular formula is C58H73N11O15. The van der Waals surface area contributed by atoms with Gasteiger partial charge in [-0.2, -0.15) is 0 Å². The molecule has 0 aliphatic carbocycles. The lowest BCUT2D eigenvalue weighted by Crippen LogP contribution is -2.61. The zero-order valence-corrected chi connectivity index (χ0v) is 46.9. The second kappa shape index (κ2) is 32.2. The molecule has 0 aliphatic heterocycles. The summed E-state index contributed by atoms with van der Waals surface area (Å²) in [5.41, 5.74) is 22.2. The van der Waals surface area contributed by atoms with Crippen molar-refractivity contribution in [2.45, 2.75) is 101 Å². The van der Waals surface area contributed by atoms with Gasteiger partial charge in [0.2, 0.25) is 46.8 Å². The Bertz CT molecular complexity index is 3080. The maximum absolute atomic E-state index is 14.4. The van der Waals surface area contributed by atoms with Crippen LogP contribution < -0.4 is 43.5 Å². The minimum absolute atomic E-state index is 0.0323. The Balaban J connectivity index is 1.32. The summed E-state index contributed by atoms with van der Waals surface area (Å²) in [6, 6.07) is 14.9. The van der Waals surface area contributed by atoms with E-state index >= 15 is 0 Å². The highest BCUT2D eigenvalue weighted by Crippen LogP contribution is 2.20. The van der Waals surface area contributed by atoms with Gasteiger partial charge in [0.1, 0.15) is 47.7 Å². The largest absolute Gasteiger partial charge is 0.508 e. The van der Waals surface area contributed by atoms with Crippen LogP contribution in [0.2, 0.25) is 0 Å². The number of carboxylic acids is 1. The molecular weight excluding hydrogens is 1090 g/mol. The number of aromatic nitrogens is 1. The molecule has 0 unspecified atom stereocenters. The predicted molar refractivity (Wildman–Crippen MR) is 305 cm³/mol. The lowest BCUT2D eigenvalue weighted by atomic mass is 9.98. The number of benzene rings is 4. The molecule has 15 N–H and O–H groups in total. The van der Waals surface area contributed by atoms with Crippen LogP contribution in [0.25, 0.3) is 10.9 Å². The molecule has 5 aromatic rings. The summed E-state index contributed by atoms with van der Waals surface area (Å²) in [7, 11) is 2.76. The van der Waals surface area contributed by atoms with Crippen LogP contribution in [-0.2, 0) is 73.6 Å². The summed E-state index contributed by atoms with van der Waals surface area (Å²) < 4.78 is 0. The van der Waals surface area contributed by atoms with E-state index < -0.39 is 128 Å². The first-order chi connectivity index (χ1) is 39.9. The number of aromatic amines is 1. The number of nitrogens with one attached hydrogen (secondary N) is 8. The van der Waals surface area contributed by atoms with Gasteiger partial charge in [-0.1, -0.05) is 68.4 Å². The first-order valence-corrected chi connectivity index (χ1v) is 26.9. The number of aliphatic hydroxyl groups excluding tert-OH is 1. The lowest BCUT2D eigenvalue weighted by molar-refractivity contribution is -0.142. The third-order valence-electron chi connectivity index (χ3n) is 13.4. The molecule has 0 saturated carbocycles. The average molecular weight is 1160 g/mol. The molecule has 5 rings (SSSR count). The Morgan fingerprint density at radius 2 is 1.14 bits per heavy atom. The third-order valence-corrected chi connectivity index (χ3v) is 13.4. The molecule has 1 aromatic heterocycles. The molecule has 26 nitrogen and oxygen atoms in total. The van der Waals surface area contributed by atoms with Gasteiger partial charge in [-0.25, -0.2) is 36.9 Å². The molecule has 0 aliphatic rings. The molecule has 1 heterocycles. The smallest absolute Gasteiger partial charge is 0.326 e. The number of para-hydroxylation sites is 1. The fraction of sp³-hybridized carbons (Fsp3) is 0.379. The van der Waals surface area contributed by atoms with Gasteiger partial charge < -0.3 is 56.6 Å². The van der Waals surface area contributed by atoms with E-state index in [9.17, 15) is 73.5 Å². The highest BCUT2D eigenvalue weighted by atomic mass is 16.4. The number of carbonyl (C=O) groups excluding carboxylic acids is 9. The Kier molecular flexibility index (Phi) is 25.3. The quantitative estimate of drug-likeness (QED) is 0.0133. The van der Waals surface area contributed by atoms with Crippen molar-refractivity contribution in [1.82, 2.24) is 52.7 Å². The number of nitrogens with two attached hydrogens (primary N) is 1. The van der Waals surface area contributed by atoms with Gasteiger partial charge in [0.05, 0.1) is 37.8 Å². The highest BCUT2D eigenvalue weighted by Gasteiger charge is 2.36. The lowest BCUT2D eigenvalue weighted by Gasteiger charge is -2.29.